The average Bonchev–Trinajstić information content (AvgIpc) is 2.15. The van der Waals surface area contributed by atoms with E-state index >= 15 is 0 Å². The maximum Gasteiger partial charge on any atom is 0.314 e. The Bertz CT molecular complexity index is 196. The minimum Gasteiger partial charge on any atom is -0.409 e. The summed E-state index contributed by atoms with van der Waals surface area (Å²) >= 11 is 0. The summed E-state index contributed by atoms with van der Waals surface area (Å²) in [6, 6.07) is 0. The normalized spacial score (nSPS) is 22.0. The van der Waals surface area contributed by atoms with Crippen molar-refractivity contribution in [2.75, 3.05) is 0 Å². The van der Waals surface area contributed by atoms with Crippen LogP contribution in [0, 0.1) is 0 Å². The van der Waals surface area contributed by atoms with Crippen molar-refractivity contribution in [1.82, 2.24) is 10.9 Å². The van der Waals surface area contributed by atoms with Crippen molar-refractivity contribution in [1.29, 1.82) is 0 Å². The summed E-state index contributed by atoms with van der Waals surface area (Å²) in [6.45, 7) is 0. The van der Waals surface area contributed by atoms with Gasteiger partial charge in [0.1, 0.15) is 0 Å². The summed E-state index contributed by atoms with van der Waals surface area (Å²) in [4.78, 5) is 20.6. The van der Waals surface area contributed by atoms with Crippen LogP contribution in [0.4, 0.5) is 0 Å². The Labute approximate surface area is 49.5 Å². The van der Waals surface area contributed by atoms with Crippen molar-refractivity contribution >= 4 is 17.5 Å². The summed E-state index contributed by atoms with van der Waals surface area (Å²) < 4.78 is 0. The molecule has 1 fully saturated rings. The molecule has 0 radical (unpaired) electrons. The number of carbonyl (C=O) groups is 2. The van der Waals surface area contributed by atoms with Gasteiger partial charge >= 0.3 is 5.91 Å². The number of amidine groups is 1. The molecule has 6 nitrogen and oxygen atoms in total. The van der Waals surface area contributed by atoms with Crippen molar-refractivity contribution in [3.05, 3.63) is 0 Å². The molecule has 0 unspecified atom stereocenters. The molecular formula is C3H3N3O3. The van der Waals surface area contributed by atoms with Crippen molar-refractivity contribution in [2.45, 2.75) is 0 Å². The minimum absolute atomic E-state index is 0.375. The third-order valence-corrected chi connectivity index (χ3v) is 0.816. The predicted molar refractivity (Wildman–Crippen MR) is 25.5 cm³/mol. The molecule has 0 spiro atoms. The van der Waals surface area contributed by atoms with E-state index in [-0.39, 0.29) is 5.84 Å². The average molecular weight is 129 g/mol. The first kappa shape index (κ1) is 5.54. The second-order valence-electron chi connectivity index (χ2n) is 1.36. The van der Waals surface area contributed by atoms with E-state index in [2.05, 4.69) is 10.6 Å². The van der Waals surface area contributed by atoms with Crippen LogP contribution in [-0.2, 0) is 9.59 Å². The van der Waals surface area contributed by atoms with E-state index in [9.17, 15) is 9.59 Å². The Hall–Kier alpha value is -1.59. The second-order valence-corrected chi connectivity index (χ2v) is 1.36. The highest BCUT2D eigenvalue weighted by atomic mass is 16.4. The highest BCUT2D eigenvalue weighted by molar-refractivity contribution is 6.66. The lowest BCUT2D eigenvalue weighted by Crippen LogP contribution is -2.28. The zero-order chi connectivity index (χ0) is 6.85. The molecule has 0 atom stereocenters. The topological polar surface area (TPSA) is 90.8 Å². The number of hydrogen-bond acceptors (Lipinski definition) is 4. The zero-order valence-corrected chi connectivity index (χ0v) is 4.21. The van der Waals surface area contributed by atoms with Gasteiger partial charge < -0.3 is 5.21 Å². The van der Waals surface area contributed by atoms with Gasteiger partial charge in [-0.25, -0.2) is 0 Å². The molecular weight excluding hydrogens is 126 g/mol. The molecule has 1 amide bonds. The highest BCUT2D eigenvalue weighted by Gasteiger charge is 2.28. The van der Waals surface area contributed by atoms with E-state index < -0.39 is 11.7 Å². The van der Waals surface area contributed by atoms with Gasteiger partial charge in [-0.2, -0.15) is 0 Å². The molecule has 0 saturated carbocycles. The second kappa shape index (κ2) is 1.73. The maximum atomic E-state index is 10.4. The van der Waals surface area contributed by atoms with Crippen LogP contribution < -0.4 is 10.9 Å². The van der Waals surface area contributed by atoms with E-state index in [0.29, 0.717) is 0 Å². The molecule has 0 aliphatic carbocycles. The molecule has 1 saturated heterocycles. The number of ketones is 1. The number of amides is 1. The Kier molecular flexibility index (Phi) is 1.07. The number of oxime groups is 1. The number of Topliss-reactive ketones (excluding diaryl/α,β-unsaturated/α-hetero) is 1. The van der Waals surface area contributed by atoms with Gasteiger partial charge in [-0.1, -0.05) is 5.16 Å². The van der Waals surface area contributed by atoms with E-state index in [1.165, 1.54) is 0 Å². The molecule has 0 aromatic heterocycles. The predicted octanol–water partition coefficient (Wildman–Crippen LogP) is -2.02. The van der Waals surface area contributed by atoms with Crippen LogP contribution in [0.25, 0.3) is 0 Å². The van der Waals surface area contributed by atoms with Gasteiger partial charge in [0.15, 0.2) is 0 Å². The monoisotopic (exact) mass is 129 g/mol. The van der Waals surface area contributed by atoms with Gasteiger partial charge in [0.05, 0.1) is 0 Å². The van der Waals surface area contributed by atoms with Crippen LogP contribution in [0.3, 0.4) is 0 Å². The maximum absolute atomic E-state index is 10.4. The minimum atomic E-state index is -0.863. The zero-order valence-electron chi connectivity index (χ0n) is 4.21. The number of carbonyl (C=O) groups excluding carboxylic acids is 2. The molecule has 0 bridgehead atoms. The number of hydrogen-bond donors (Lipinski definition) is 3. The lowest BCUT2D eigenvalue weighted by Gasteiger charge is -1.86. The third kappa shape index (κ3) is 0.693. The van der Waals surface area contributed by atoms with Gasteiger partial charge in [0.25, 0.3) is 5.78 Å². The number of rotatable bonds is 0. The summed E-state index contributed by atoms with van der Waals surface area (Å²) in [5, 5.41) is 10.5. The van der Waals surface area contributed by atoms with E-state index in [1.807, 2.05) is 5.43 Å². The molecule has 48 valence electrons. The van der Waals surface area contributed by atoms with Gasteiger partial charge in [-0.05, 0) is 0 Å². The Morgan fingerprint density at radius 3 is 2.22 bits per heavy atom. The molecule has 1 aliphatic heterocycles. The van der Waals surface area contributed by atoms with E-state index in [0.717, 1.165) is 0 Å². The number of nitrogens with zero attached hydrogens (tertiary/aromatic N) is 1. The summed E-state index contributed by atoms with van der Waals surface area (Å²) in [5.41, 5.74) is 4.00. The van der Waals surface area contributed by atoms with Crippen LogP contribution >= 0.6 is 0 Å². The first-order chi connectivity index (χ1) is 4.25. The molecule has 6 heteroatoms. The largest absolute Gasteiger partial charge is 0.409 e. The van der Waals surface area contributed by atoms with Crippen LogP contribution in [0.1, 0.15) is 0 Å². The van der Waals surface area contributed by atoms with Gasteiger partial charge in [0, 0.05) is 0 Å². The first-order valence-corrected chi connectivity index (χ1v) is 2.08. The first-order valence-electron chi connectivity index (χ1n) is 2.08. The quantitative estimate of drug-likeness (QED) is 0.200. The molecule has 1 aliphatic rings. The molecule has 3 N–H and O–H groups in total. The number of nitrogens with one attached hydrogen (secondary N) is 2. The van der Waals surface area contributed by atoms with Gasteiger partial charge in [0.2, 0.25) is 5.84 Å². The Balaban J connectivity index is 2.86. The molecule has 0 aromatic rings. The van der Waals surface area contributed by atoms with Crippen LogP contribution in [0.5, 0.6) is 0 Å². The lowest BCUT2D eigenvalue weighted by atomic mass is 10.4. The van der Waals surface area contributed by atoms with Crippen molar-refractivity contribution in [2.24, 2.45) is 5.16 Å². The lowest BCUT2D eigenvalue weighted by molar-refractivity contribution is -0.133. The highest BCUT2D eigenvalue weighted by Crippen LogP contribution is 1.82. The fourth-order valence-electron chi connectivity index (χ4n) is 0.407. The van der Waals surface area contributed by atoms with Crippen LogP contribution in [-0.4, -0.2) is 22.7 Å². The smallest absolute Gasteiger partial charge is 0.314 e. The molecule has 0 aromatic carbocycles. The van der Waals surface area contributed by atoms with Crippen LogP contribution in [0.15, 0.2) is 5.16 Å². The van der Waals surface area contributed by atoms with Crippen molar-refractivity contribution in [3.63, 3.8) is 0 Å². The SMILES string of the molecule is O=C1NN/C(=N\O)C1=O. The van der Waals surface area contributed by atoms with Crippen LogP contribution in [0.2, 0.25) is 0 Å². The fraction of sp³-hybridized carbons (Fsp3) is 0. The third-order valence-electron chi connectivity index (χ3n) is 0.816. The molecule has 1 rings (SSSR count). The van der Waals surface area contributed by atoms with E-state index in [4.69, 9.17) is 5.21 Å². The summed E-state index contributed by atoms with van der Waals surface area (Å²) in [7, 11) is 0. The van der Waals surface area contributed by atoms with E-state index in [1.54, 1.807) is 0 Å². The standard InChI is InChI=1S/C3H3N3O3/c7-1-2(6-9)4-5-3(1)8/h9H,(H2,4,5,6,7,8). The van der Waals surface area contributed by atoms with Crippen molar-refractivity contribution < 1.29 is 14.8 Å². The summed E-state index contributed by atoms with van der Waals surface area (Å²) in [6.07, 6.45) is 0. The molecule has 9 heavy (non-hydrogen) atoms. The van der Waals surface area contributed by atoms with Gasteiger partial charge in [-0.3, -0.25) is 20.4 Å². The molecule has 1 heterocycles. The Morgan fingerprint density at radius 2 is 2.00 bits per heavy atom. The number of hydrazine groups is 1. The fourth-order valence-corrected chi connectivity index (χ4v) is 0.407. The van der Waals surface area contributed by atoms with Gasteiger partial charge in [-0.15, -0.1) is 0 Å². The summed E-state index contributed by atoms with van der Waals surface area (Å²) in [5.74, 6) is -2.06. The van der Waals surface area contributed by atoms with Crippen molar-refractivity contribution in [3.8, 4) is 0 Å². The Morgan fingerprint density at radius 1 is 1.33 bits per heavy atom.